The number of nitrogens with zero attached hydrogens (tertiary/aromatic N) is 7. The molecule has 0 saturated carbocycles. The molecule has 1 amide bonds. The maximum absolute atomic E-state index is 14.4. The minimum Gasteiger partial charge on any atom is -0.457 e. The molecule has 1 atom stereocenters. The van der Waals surface area contributed by atoms with Gasteiger partial charge >= 0.3 is 5.69 Å². The van der Waals surface area contributed by atoms with Crippen molar-refractivity contribution in [1.82, 2.24) is 28.8 Å². The molecule has 0 bridgehead atoms. The number of amides is 1. The van der Waals surface area contributed by atoms with E-state index in [1.807, 2.05) is 61.5 Å². The molecule has 260 valence electrons. The number of likely N-dealkylation sites (tertiary alicyclic amines) is 1. The summed E-state index contributed by atoms with van der Waals surface area (Å²) in [7, 11) is 0. The zero-order chi connectivity index (χ0) is 35.0. The minimum atomic E-state index is -0.479. The molecule has 0 unspecified atom stereocenters. The summed E-state index contributed by atoms with van der Waals surface area (Å²) in [6.45, 7) is 12.0. The van der Waals surface area contributed by atoms with E-state index < -0.39 is 5.54 Å². The number of piperazine rings is 1. The number of nitriles is 1. The molecule has 4 aromatic rings. The number of hydrogen-bond donors (Lipinski definition) is 1. The number of para-hydroxylation sites is 1. The Balaban J connectivity index is 1.14. The highest BCUT2D eigenvalue weighted by Gasteiger charge is 2.35. The molecule has 5 heterocycles. The standard InChI is InChI=1S/C38H44N8O4/c1-26-20-28(11-12-33(26)50-31-9-5-4-6-10-31)46-34-32(13-14-41-35(34)40)45(37(46)48)29-8-7-15-43(23-29)36(47)27(22-39)21-38(2,3)44-18-16-42(17-19-44)30-24-49-25-30/h4-6,9-14,20-21,29-30H,7-8,15-19,23-25H2,1-3H3,(H2,40,41)/b27-21-/t29-/m1/s1. The van der Waals surface area contributed by atoms with E-state index in [0.717, 1.165) is 50.7 Å². The Hall–Kier alpha value is -4.96. The molecule has 7 rings (SSSR count). The first kappa shape index (κ1) is 33.5. The number of fused-ring (bicyclic) bond motifs is 1. The third-order valence-corrected chi connectivity index (χ3v) is 10.4. The highest BCUT2D eigenvalue weighted by Crippen LogP contribution is 2.32. The molecule has 12 heteroatoms. The van der Waals surface area contributed by atoms with Crippen LogP contribution in [0.3, 0.4) is 0 Å². The van der Waals surface area contributed by atoms with Gasteiger partial charge in [-0.05, 0) is 81.7 Å². The number of pyridine rings is 1. The van der Waals surface area contributed by atoms with Gasteiger partial charge in [-0.2, -0.15) is 5.26 Å². The van der Waals surface area contributed by atoms with E-state index in [-0.39, 0.29) is 29.0 Å². The second-order valence-electron chi connectivity index (χ2n) is 14.0. The number of aromatic nitrogens is 3. The molecule has 2 aromatic carbocycles. The number of benzene rings is 2. The summed E-state index contributed by atoms with van der Waals surface area (Å²) < 4.78 is 14.8. The lowest BCUT2D eigenvalue weighted by Crippen LogP contribution is -2.59. The quantitative estimate of drug-likeness (QED) is 0.214. The summed E-state index contributed by atoms with van der Waals surface area (Å²) in [5, 5.41) is 10.2. The van der Waals surface area contributed by atoms with Gasteiger partial charge in [-0.3, -0.25) is 23.7 Å². The summed E-state index contributed by atoms with van der Waals surface area (Å²) >= 11 is 0. The van der Waals surface area contributed by atoms with Gasteiger partial charge in [0.1, 0.15) is 34.5 Å². The number of hydrogen-bond acceptors (Lipinski definition) is 9. The highest BCUT2D eigenvalue weighted by atomic mass is 16.5. The fourth-order valence-corrected chi connectivity index (χ4v) is 7.49. The van der Waals surface area contributed by atoms with Gasteiger partial charge in [-0.15, -0.1) is 0 Å². The van der Waals surface area contributed by atoms with Crippen LogP contribution in [-0.4, -0.2) is 98.8 Å². The van der Waals surface area contributed by atoms with Crippen LogP contribution in [0.2, 0.25) is 0 Å². The number of carbonyl (C=O) groups excluding carboxylic acids is 1. The van der Waals surface area contributed by atoms with Crippen molar-refractivity contribution in [1.29, 1.82) is 5.26 Å². The highest BCUT2D eigenvalue weighted by molar-refractivity contribution is 5.97. The second kappa shape index (κ2) is 13.7. The summed E-state index contributed by atoms with van der Waals surface area (Å²) in [6, 6.07) is 19.3. The van der Waals surface area contributed by atoms with Crippen LogP contribution in [0.1, 0.15) is 38.3 Å². The van der Waals surface area contributed by atoms with Crippen LogP contribution in [0, 0.1) is 18.3 Å². The summed E-state index contributed by atoms with van der Waals surface area (Å²) in [5.41, 5.74) is 8.47. The van der Waals surface area contributed by atoms with E-state index in [1.165, 1.54) is 0 Å². The average molecular weight is 677 g/mol. The van der Waals surface area contributed by atoms with Gasteiger partial charge in [0.15, 0.2) is 0 Å². The smallest absolute Gasteiger partial charge is 0.334 e. The molecule has 0 aliphatic carbocycles. The number of nitrogen functional groups attached to an aromatic ring is 1. The van der Waals surface area contributed by atoms with Gasteiger partial charge in [0.25, 0.3) is 5.91 Å². The monoisotopic (exact) mass is 676 g/mol. The predicted octanol–water partition coefficient (Wildman–Crippen LogP) is 4.28. The average Bonchev–Trinajstić information content (AvgIpc) is 3.40. The Morgan fingerprint density at radius 3 is 2.50 bits per heavy atom. The van der Waals surface area contributed by atoms with E-state index in [1.54, 1.807) is 26.3 Å². The first-order valence-corrected chi connectivity index (χ1v) is 17.3. The van der Waals surface area contributed by atoms with Crippen LogP contribution < -0.4 is 16.2 Å². The molecule has 3 fully saturated rings. The molecule has 2 N–H and O–H groups in total. The predicted molar refractivity (Wildman–Crippen MR) is 191 cm³/mol. The molecular weight excluding hydrogens is 632 g/mol. The van der Waals surface area contributed by atoms with Gasteiger partial charge in [0.2, 0.25) is 0 Å². The zero-order valence-corrected chi connectivity index (χ0v) is 28.9. The fraction of sp³-hybridized carbons (Fsp3) is 0.421. The molecule has 0 radical (unpaired) electrons. The number of nitrogens with two attached hydrogens (primary N) is 1. The number of carbonyl (C=O) groups is 1. The van der Waals surface area contributed by atoms with Crippen molar-refractivity contribution in [2.24, 2.45) is 0 Å². The molecule has 12 nitrogen and oxygen atoms in total. The van der Waals surface area contributed by atoms with Crippen molar-refractivity contribution in [3.63, 3.8) is 0 Å². The molecular formula is C38H44N8O4. The molecule has 3 aliphatic heterocycles. The maximum Gasteiger partial charge on any atom is 0.334 e. The van der Waals surface area contributed by atoms with E-state index in [2.05, 4.69) is 34.7 Å². The zero-order valence-electron chi connectivity index (χ0n) is 28.9. The Morgan fingerprint density at radius 1 is 1.06 bits per heavy atom. The van der Waals surface area contributed by atoms with Crippen LogP contribution >= 0.6 is 0 Å². The van der Waals surface area contributed by atoms with Gasteiger partial charge in [-0.25, -0.2) is 9.78 Å². The molecule has 0 spiro atoms. The third kappa shape index (κ3) is 6.40. The third-order valence-electron chi connectivity index (χ3n) is 10.4. The number of ether oxygens (including phenoxy) is 2. The van der Waals surface area contributed by atoms with E-state index >= 15 is 0 Å². The normalized spacial score (nSPS) is 19.7. The lowest BCUT2D eigenvalue weighted by atomic mass is 9.96. The molecule has 2 aromatic heterocycles. The van der Waals surface area contributed by atoms with E-state index in [4.69, 9.17) is 15.2 Å². The Labute approximate surface area is 291 Å². The first-order valence-electron chi connectivity index (χ1n) is 17.3. The second-order valence-corrected chi connectivity index (χ2v) is 14.0. The van der Waals surface area contributed by atoms with Crippen molar-refractivity contribution in [2.75, 3.05) is 58.2 Å². The van der Waals surface area contributed by atoms with E-state index in [9.17, 15) is 14.9 Å². The topological polar surface area (TPSA) is 135 Å². The summed E-state index contributed by atoms with van der Waals surface area (Å²) in [5.74, 6) is 1.33. The Morgan fingerprint density at radius 2 is 1.82 bits per heavy atom. The van der Waals surface area contributed by atoms with Crippen molar-refractivity contribution < 1.29 is 14.3 Å². The van der Waals surface area contributed by atoms with Crippen LogP contribution in [0.5, 0.6) is 11.5 Å². The van der Waals surface area contributed by atoms with Crippen molar-refractivity contribution in [3.05, 3.63) is 88.5 Å². The number of aryl methyl sites for hydroxylation is 1. The maximum atomic E-state index is 14.4. The van der Waals surface area contributed by atoms with Crippen LogP contribution in [0.4, 0.5) is 5.82 Å². The van der Waals surface area contributed by atoms with Crippen molar-refractivity contribution >= 4 is 22.8 Å². The largest absolute Gasteiger partial charge is 0.457 e. The molecule has 3 aliphatic rings. The van der Waals surface area contributed by atoms with E-state index in [0.29, 0.717) is 54.4 Å². The number of piperidine rings is 1. The number of anilines is 1. The number of rotatable bonds is 8. The van der Waals surface area contributed by atoms with Crippen molar-refractivity contribution in [3.8, 4) is 23.3 Å². The SMILES string of the molecule is Cc1cc(-n2c(=O)n([C@@H]3CCCN(C(=O)/C(C#N)=C\C(C)(C)N4CCN(C5COC5)CC4)C3)c3ccnc(N)c32)ccc1Oc1ccccc1. The summed E-state index contributed by atoms with van der Waals surface area (Å²) in [6.07, 6.45) is 4.81. The van der Waals surface area contributed by atoms with Crippen LogP contribution in [0.25, 0.3) is 16.7 Å². The van der Waals surface area contributed by atoms with Crippen molar-refractivity contribution in [2.45, 2.75) is 51.2 Å². The molecule has 3 saturated heterocycles. The minimum absolute atomic E-state index is 0.127. The fourth-order valence-electron chi connectivity index (χ4n) is 7.49. The van der Waals surface area contributed by atoms with Crippen LogP contribution in [0.15, 0.2) is 77.2 Å². The first-order chi connectivity index (χ1) is 24.1. The van der Waals surface area contributed by atoms with Gasteiger partial charge in [-0.1, -0.05) is 18.2 Å². The van der Waals surface area contributed by atoms with Gasteiger partial charge < -0.3 is 20.1 Å². The Kier molecular flexibility index (Phi) is 9.22. The lowest BCUT2D eigenvalue weighted by Gasteiger charge is -2.46. The van der Waals surface area contributed by atoms with Gasteiger partial charge in [0, 0.05) is 51.0 Å². The Bertz CT molecular complexity index is 2020. The summed E-state index contributed by atoms with van der Waals surface area (Å²) in [4.78, 5) is 39.1. The lowest BCUT2D eigenvalue weighted by molar-refractivity contribution is -0.128. The molecule has 50 heavy (non-hydrogen) atoms. The van der Waals surface area contributed by atoms with Crippen LogP contribution in [-0.2, 0) is 9.53 Å². The number of imidazole rings is 1. The van der Waals surface area contributed by atoms with Gasteiger partial charge in [0.05, 0.1) is 36.5 Å².